The summed E-state index contributed by atoms with van der Waals surface area (Å²) in [5, 5.41) is 14.4. The highest BCUT2D eigenvalue weighted by Gasteiger charge is 2.21. The molecule has 0 aliphatic rings. The molecule has 0 aromatic heterocycles. The Bertz CT molecular complexity index is 457. The fraction of sp³-hybridized carbons (Fsp3) is 0.429. The van der Waals surface area contributed by atoms with Gasteiger partial charge in [0.15, 0.2) is 5.84 Å². The van der Waals surface area contributed by atoms with Gasteiger partial charge >= 0.3 is 0 Å². The van der Waals surface area contributed by atoms with Crippen LogP contribution in [0.2, 0.25) is 0 Å². The molecule has 0 spiro atoms. The Morgan fingerprint density at radius 1 is 1.45 bits per heavy atom. The molecule has 0 aliphatic heterocycles. The van der Waals surface area contributed by atoms with Crippen molar-refractivity contribution in [2.24, 2.45) is 16.8 Å². The number of nitrogens with two attached hydrogens (primary N) is 1. The minimum Gasteiger partial charge on any atom is -0.497 e. The summed E-state index contributed by atoms with van der Waals surface area (Å²) in [4.78, 5) is 12.0. The second-order valence-corrected chi connectivity index (χ2v) is 4.43. The van der Waals surface area contributed by atoms with Gasteiger partial charge in [0, 0.05) is 6.54 Å². The molecular weight excluding hydrogens is 258 g/mol. The molecule has 1 atom stereocenters. The number of hydrogen-bond acceptors (Lipinski definition) is 4. The van der Waals surface area contributed by atoms with Gasteiger partial charge in [0.1, 0.15) is 5.75 Å². The molecule has 4 N–H and O–H groups in total. The molecule has 0 saturated heterocycles. The SMILES string of the molecule is CCCC(C(=O)NCc1ccc(OC)cc1)C(N)=NO. The number of amides is 1. The monoisotopic (exact) mass is 279 g/mol. The van der Waals surface area contributed by atoms with Crippen molar-refractivity contribution < 1.29 is 14.7 Å². The van der Waals surface area contributed by atoms with Gasteiger partial charge in [-0.05, 0) is 24.1 Å². The Morgan fingerprint density at radius 3 is 2.60 bits per heavy atom. The van der Waals surface area contributed by atoms with Crippen LogP contribution < -0.4 is 15.8 Å². The predicted molar refractivity (Wildman–Crippen MR) is 76.6 cm³/mol. The molecule has 0 saturated carbocycles. The topological polar surface area (TPSA) is 96.9 Å². The number of carbonyl (C=O) groups is 1. The van der Waals surface area contributed by atoms with Crippen molar-refractivity contribution in [1.82, 2.24) is 5.32 Å². The number of benzene rings is 1. The standard InChI is InChI=1S/C14H21N3O3/c1-3-4-12(13(15)17-19)14(18)16-9-10-5-7-11(20-2)8-6-10/h5-8,12,19H,3-4,9H2,1-2H3,(H2,15,17)(H,16,18). The van der Waals surface area contributed by atoms with Crippen molar-refractivity contribution in [3.63, 3.8) is 0 Å². The lowest BCUT2D eigenvalue weighted by Crippen LogP contribution is -2.38. The van der Waals surface area contributed by atoms with Crippen molar-refractivity contribution >= 4 is 11.7 Å². The number of oxime groups is 1. The van der Waals surface area contributed by atoms with Crippen LogP contribution in [-0.2, 0) is 11.3 Å². The van der Waals surface area contributed by atoms with Gasteiger partial charge in [-0.15, -0.1) is 0 Å². The third-order valence-electron chi connectivity index (χ3n) is 2.99. The van der Waals surface area contributed by atoms with Crippen LogP contribution in [0.4, 0.5) is 0 Å². The van der Waals surface area contributed by atoms with E-state index in [-0.39, 0.29) is 11.7 Å². The number of ether oxygens (including phenoxy) is 1. The Kier molecular flexibility index (Phi) is 6.36. The van der Waals surface area contributed by atoms with Crippen LogP contribution in [0.25, 0.3) is 0 Å². The first-order valence-electron chi connectivity index (χ1n) is 6.50. The van der Waals surface area contributed by atoms with Crippen LogP contribution in [0.15, 0.2) is 29.4 Å². The summed E-state index contributed by atoms with van der Waals surface area (Å²) in [5.41, 5.74) is 6.49. The quantitative estimate of drug-likeness (QED) is 0.305. The van der Waals surface area contributed by atoms with Crippen LogP contribution in [0.3, 0.4) is 0 Å². The highest BCUT2D eigenvalue weighted by molar-refractivity contribution is 6.01. The number of nitrogens with zero attached hydrogens (tertiary/aromatic N) is 1. The lowest BCUT2D eigenvalue weighted by Gasteiger charge is -2.14. The zero-order chi connectivity index (χ0) is 15.0. The van der Waals surface area contributed by atoms with E-state index >= 15 is 0 Å². The molecule has 6 nitrogen and oxygen atoms in total. The molecule has 1 amide bonds. The van der Waals surface area contributed by atoms with Gasteiger partial charge in [0.05, 0.1) is 13.0 Å². The van der Waals surface area contributed by atoms with Crippen molar-refractivity contribution in [2.75, 3.05) is 7.11 Å². The maximum Gasteiger partial charge on any atom is 0.231 e. The van der Waals surface area contributed by atoms with E-state index in [1.807, 2.05) is 31.2 Å². The molecule has 1 unspecified atom stereocenters. The molecule has 0 fully saturated rings. The van der Waals surface area contributed by atoms with E-state index in [0.717, 1.165) is 17.7 Å². The molecule has 1 aromatic rings. The largest absolute Gasteiger partial charge is 0.497 e. The highest BCUT2D eigenvalue weighted by atomic mass is 16.5. The lowest BCUT2D eigenvalue weighted by molar-refractivity contribution is -0.123. The molecule has 20 heavy (non-hydrogen) atoms. The average Bonchev–Trinajstić information content (AvgIpc) is 2.50. The zero-order valence-electron chi connectivity index (χ0n) is 11.8. The Hall–Kier alpha value is -2.24. The van der Waals surface area contributed by atoms with Gasteiger partial charge in [-0.3, -0.25) is 4.79 Å². The summed E-state index contributed by atoms with van der Waals surface area (Å²) in [6.07, 6.45) is 1.32. The van der Waals surface area contributed by atoms with E-state index in [1.54, 1.807) is 7.11 Å². The van der Waals surface area contributed by atoms with Crippen molar-refractivity contribution in [3.05, 3.63) is 29.8 Å². The van der Waals surface area contributed by atoms with Crippen LogP contribution in [0.5, 0.6) is 5.75 Å². The van der Waals surface area contributed by atoms with Crippen molar-refractivity contribution in [3.8, 4) is 5.75 Å². The first-order chi connectivity index (χ1) is 9.62. The van der Waals surface area contributed by atoms with Gasteiger partial charge < -0.3 is 21.0 Å². The first kappa shape index (κ1) is 15.8. The van der Waals surface area contributed by atoms with Gasteiger partial charge in [-0.1, -0.05) is 30.6 Å². The molecule has 1 rings (SSSR count). The maximum absolute atomic E-state index is 12.0. The molecule has 0 bridgehead atoms. The van der Waals surface area contributed by atoms with Gasteiger partial charge in [0.2, 0.25) is 5.91 Å². The van der Waals surface area contributed by atoms with Gasteiger partial charge in [0.25, 0.3) is 0 Å². The van der Waals surface area contributed by atoms with E-state index in [2.05, 4.69) is 10.5 Å². The van der Waals surface area contributed by atoms with E-state index in [9.17, 15) is 4.79 Å². The fourth-order valence-electron chi connectivity index (χ4n) is 1.83. The molecule has 6 heteroatoms. The average molecular weight is 279 g/mol. The number of rotatable bonds is 7. The van der Waals surface area contributed by atoms with E-state index in [0.29, 0.717) is 13.0 Å². The minimum atomic E-state index is -0.594. The van der Waals surface area contributed by atoms with E-state index < -0.39 is 5.92 Å². The summed E-state index contributed by atoms with van der Waals surface area (Å²) in [7, 11) is 1.60. The Labute approximate surface area is 118 Å². The summed E-state index contributed by atoms with van der Waals surface area (Å²) in [6, 6.07) is 7.40. The second kappa shape index (κ2) is 8.04. The molecule has 0 radical (unpaired) electrons. The molecule has 0 heterocycles. The Morgan fingerprint density at radius 2 is 2.10 bits per heavy atom. The third kappa shape index (κ3) is 4.46. The van der Waals surface area contributed by atoms with Crippen LogP contribution in [-0.4, -0.2) is 24.1 Å². The summed E-state index contributed by atoms with van der Waals surface area (Å²) < 4.78 is 5.06. The molecular formula is C14H21N3O3. The smallest absolute Gasteiger partial charge is 0.231 e. The number of carbonyl (C=O) groups excluding carboxylic acids is 1. The molecule has 0 aliphatic carbocycles. The molecule has 110 valence electrons. The Balaban J connectivity index is 2.59. The van der Waals surface area contributed by atoms with Gasteiger partial charge in [-0.25, -0.2) is 0 Å². The number of methoxy groups -OCH3 is 1. The fourth-order valence-corrected chi connectivity index (χ4v) is 1.83. The van der Waals surface area contributed by atoms with Crippen LogP contribution in [0, 0.1) is 5.92 Å². The van der Waals surface area contributed by atoms with Crippen LogP contribution in [0.1, 0.15) is 25.3 Å². The third-order valence-corrected chi connectivity index (χ3v) is 2.99. The number of amidine groups is 1. The first-order valence-corrected chi connectivity index (χ1v) is 6.50. The molecule has 1 aromatic carbocycles. The van der Waals surface area contributed by atoms with E-state index in [1.165, 1.54) is 0 Å². The van der Waals surface area contributed by atoms with Gasteiger partial charge in [-0.2, -0.15) is 0 Å². The second-order valence-electron chi connectivity index (χ2n) is 4.43. The maximum atomic E-state index is 12.0. The highest BCUT2D eigenvalue weighted by Crippen LogP contribution is 2.12. The van der Waals surface area contributed by atoms with E-state index in [4.69, 9.17) is 15.7 Å². The van der Waals surface area contributed by atoms with Crippen molar-refractivity contribution in [1.29, 1.82) is 0 Å². The van der Waals surface area contributed by atoms with Crippen LogP contribution >= 0.6 is 0 Å². The number of hydrogen-bond donors (Lipinski definition) is 3. The lowest BCUT2D eigenvalue weighted by atomic mass is 10.0. The summed E-state index contributed by atoms with van der Waals surface area (Å²) in [5.74, 6) is -0.124. The predicted octanol–water partition coefficient (Wildman–Crippen LogP) is 1.47. The normalized spacial score (nSPS) is 12.8. The minimum absolute atomic E-state index is 0.0564. The number of nitrogens with one attached hydrogen (secondary N) is 1. The summed E-state index contributed by atoms with van der Waals surface area (Å²) in [6.45, 7) is 2.33. The zero-order valence-corrected chi connectivity index (χ0v) is 11.8. The van der Waals surface area contributed by atoms with Crippen molar-refractivity contribution in [2.45, 2.75) is 26.3 Å². The summed E-state index contributed by atoms with van der Waals surface area (Å²) >= 11 is 0.